The highest BCUT2D eigenvalue weighted by Gasteiger charge is 2.12. The van der Waals surface area contributed by atoms with Crippen LogP contribution in [0.2, 0.25) is 0 Å². The second-order valence-corrected chi connectivity index (χ2v) is 5.16. The molecule has 0 bridgehead atoms. The second kappa shape index (κ2) is 6.01. The Morgan fingerprint density at radius 3 is 2.62 bits per heavy atom. The van der Waals surface area contributed by atoms with Gasteiger partial charge in [-0.05, 0) is 5.56 Å². The first-order valence-electron chi connectivity index (χ1n) is 6.32. The Morgan fingerprint density at radius 1 is 1.10 bits per heavy atom. The van der Waals surface area contributed by atoms with E-state index >= 15 is 0 Å². The van der Waals surface area contributed by atoms with Crippen molar-refractivity contribution in [2.75, 3.05) is 14.2 Å². The highest BCUT2D eigenvalue weighted by Crippen LogP contribution is 2.23. The van der Waals surface area contributed by atoms with Gasteiger partial charge in [0.15, 0.2) is 0 Å². The monoisotopic (exact) mass is 302 g/mol. The van der Waals surface area contributed by atoms with E-state index < -0.39 is 0 Å². The van der Waals surface area contributed by atoms with Crippen molar-refractivity contribution in [3.8, 4) is 11.8 Å². The quantitative estimate of drug-likeness (QED) is 0.675. The third-order valence-corrected chi connectivity index (χ3v) is 3.77. The van der Waals surface area contributed by atoms with Gasteiger partial charge in [-0.2, -0.15) is 14.5 Å². The van der Waals surface area contributed by atoms with Crippen molar-refractivity contribution in [3.63, 3.8) is 0 Å². The second-order valence-electron chi connectivity index (χ2n) is 4.22. The van der Waals surface area contributed by atoms with Crippen LogP contribution in [0.25, 0.3) is 5.78 Å². The van der Waals surface area contributed by atoms with E-state index in [1.165, 1.54) is 5.56 Å². The molecule has 0 aliphatic rings. The fourth-order valence-corrected chi connectivity index (χ4v) is 2.61. The highest BCUT2D eigenvalue weighted by molar-refractivity contribution is 7.98. The van der Waals surface area contributed by atoms with Gasteiger partial charge in [0.25, 0.3) is 5.78 Å². The van der Waals surface area contributed by atoms with Crippen molar-refractivity contribution >= 4 is 17.5 Å². The Morgan fingerprint density at radius 2 is 1.90 bits per heavy atom. The lowest BCUT2D eigenvalue weighted by atomic mass is 10.2. The molecule has 0 amide bonds. The maximum Gasteiger partial charge on any atom is 0.259 e. The van der Waals surface area contributed by atoms with Gasteiger partial charge in [0.2, 0.25) is 16.9 Å². The fourth-order valence-electron chi connectivity index (χ4n) is 1.84. The number of hydrogen-bond acceptors (Lipinski definition) is 6. The summed E-state index contributed by atoms with van der Waals surface area (Å²) in [4.78, 5) is 8.64. The van der Waals surface area contributed by atoms with Gasteiger partial charge < -0.3 is 9.47 Å². The number of ether oxygens (including phenoxy) is 2. The van der Waals surface area contributed by atoms with E-state index in [9.17, 15) is 0 Å². The summed E-state index contributed by atoms with van der Waals surface area (Å²) in [6, 6.07) is 11.9. The smallest absolute Gasteiger partial charge is 0.259 e. The molecule has 0 unspecified atom stereocenters. The van der Waals surface area contributed by atoms with Crippen LogP contribution in [0.5, 0.6) is 11.8 Å². The molecular weight excluding hydrogens is 288 g/mol. The number of rotatable bonds is 5. The van der Waals surface area contributed by atoms with Crippen molar-refractivity contribution < 1.29 is 9.47 Å². The molecule has 0 radical (unpaired) electrons. The molecular formula is C14H14N4O2S. The van der Waals surface area contributed by atoms with Crippen molar-refractivity contribution in [1.29, 1.82) is 0 Å². The van der Waals surface area contributed by atoms with Crippen molar-refractivity contribution in [3.05, 3.63) is 42.0 Å². The van der Waals surface area contributed by atoms with Crippen LogP contribution in [-0.2, 0) is 5.75 Å². The van der Waals surface area contributed by atoms with E-state index in [0.717, 1.165) is 5.75 Å². The van der Waals surface area contributed by atoms with Crippen molar-refractivity contribution in [2.45, 2.75) is 10.9 Å². The van der Waals surface area contributed by atoms with Gasteiger partial charge in [-0.25, -0.2) is 0 Å². The Balaban J connectivity index is 1.87. The summed E-state index contributed by atoms with van der Waals surface area (Å²) in [7, 11) is 3.13. The van der Waals surface area contributed by atoms with E-state index in [0.29, 0.717) is 22.7 Å². The van der Waals surface area contributed by atoms with E-state index in [1.807, 2.05) is 18.2 Å². The Hall–Kier alpha value is -2.28. The normalized spacial score (nSPS) is 10.8. The maximum absolute atomic E-state index is 5.28. The van der Waals surface area contributed by atoms with Gasteiger partial charge in [-0.15, -0.1) is 5.10 Å². The Kier molecular flexibility index (Phi) is 3.92. The van der Waals surface area contributed by atoms with Crippen LogP contribution in [0, 0.1) is 0 Å². The summed E-state index contributed by atoms with van der Waals surface area (Å²) in [5.74, 6) is 2.25. The number of aromatic nitrogens is 4. The third kappa shape index (κ3) is 2.92. The van der Waals surface area contributed by atoms with Crippen LogP contribution in [-0.4, -0.2) is 33.8 Å². The maximum atomic E-state index is 5.28. The zero-order valence-electron chi connectivity index (χ0n) is 11.7. The SMILES string of the molecule is COc1cc(OC)n2nc(SCc3ccccc3)nc2n1. The molecule has 0 aliphatic heterocycles. The summed E-state index contributed by atoms with van der Waals surface area (Å²) < 4.78 is 12.0. The van der Waals surface area contributed by atoms with Gasteiger partial charge in [0.1, 0.15) is 0 Å². The number of benzene rings is 1. The summed E-state index contributed by atoms with van der Waals surface area (Å²) >= 11 is 1.55. The molecule has 0 spiro atoms. The van der Waals surface area contributed by atoms with Crippen LogP contribution in [0.1, 0.15) is 5.56 Å². The number of hydrogen-bond donors (Lipinski definition) is 0. The minimum atomic E-state index is 0.450. The van der Waals surface area contributed by atoms with Gasteiger partial charge >= 0.3 is 0 Å². The standard InChI is InChI=1S/C14H14N4O2S/c1-19-11-8-12(20-2)18-13(15-11)16-14(17-18)21-9-10-6-4-3-5-7-10/h3-8H,9H2,1-2H3. The average molecular weight is 302 g/mol. The first-order valence-corrected chi connectivity index (χ1v) is 7.31. The largest absolute Gasteiger partial charge is 0.481 e. The minimum absolute atomic E-state index is 0.450. The molecule has 0 N–H and O–H groups in total. The lowest BCUT2D eigenvalue weighted by Gasteiger charge is -2.03. The Labute approximate surface area is 126 Å². The summed E-state index contributed by atoms with van der Waals surface area (Å²) in [5, 5.41) is 5.05. The number of thioether (sulfide) groups is 1. The predicted octanol–water partition coefficient (Wildman–Crippen LogP) is 2.43. The number of methoxy groups -OCH3 is 2. The van der Waals surface area contributed by atoms with Crippen LogP contribution in [0.3, 0.4) is 0 Å². The van der Waals surface area contributed by atoms with Gasteiger partial charge in [0, 0.05) is 5.75 Å². The Bertz CT molecular complexity index is 745. The molecule has 0 aliphatic carbocycles. The molecule has 0 saturated carbocycles. The molecule has 3 aromatic rings. The van der Waals surface area contributed by atoms with Crippen molar-refractivity contribution in [1.82, 2.24) is 19.6 Å². The first-order chi connectivity index (χ1) is 10.3. The number of fused-ring (bicyclic) bond motifs is 1. The zero-order valence-corrected chi connectivity index (χ0v) is 12.5. The molecule has 0 fully saturated rings. The molecule has 0 atom stereocenters. The van der Waals surface area contributed by atoms with Crippen LogP contribution >= 0.6 is 11.8 Å². The minimum Gasteiger partial charge on any atom is -0.481 e. The zero-order chi connectivity index (χ0) is 14.7. The molecule has 0 saturated heterocycles. The van der Waals surface area contributed by atoms with Crippen molar-refractivity contribution in [2.24, 2.45) is 0 Å². The average Bonchev–Trinajstić information content (AvgIpc) is 2.95. The topological polar surface area (TPSA) is 61.5 Å². The molecule has 3 rings (SSSR count). The van der Waals surface area contributed by atoms with E-state index in [4.69, 9.17) is 9.47 Å². The van der Waals surface area contributed by atoms with Gasteiger partial charge in [0.05, 0.1) is 20.3 Å². The molecule has 7 heteroatoms. The van der Waals surface area contributed by atoms with Crippen LogP contribution in [0.4, 0.5) is 0 Å². The lowest BCUT2D eigenvalue weighted by molar-refractivity contribution is 0.364. The third-order valence-electron chi connectivity index (χ3n) is 2.87. The molecule has 1 aromatic carbocycles. The van der Waals surface area contributed by atoms with Gasteiger partial charge in [-0.1, -0.05) is 42.1 Å². The van der Waals surface area contributed by atoms with E-state index in [1.54, 1.807) is 36.6 Å². The predicted molar refractivity (Wildman–Crippen MR) is 79.9 cm³/mol. The summed E-state index contributed by atoms with van der Waals surface area (Å²) in [6.45, 7) is 0. The molecule has 2 aromatic heterocycles. The molecule has 6 nitrogen and oxygen atoms in total. The molecule has 2 heterocycles. The number of nitrogens with zero attached hydrogens (tertiary/aromatic N) is 4. The molecule has 108 valence electrons. The fraction of sp³-hybridized carbons (Fsp3) is 0.214. The first kappa shape index (κ1) is 13.7. The molecule has 21 heavy (non-hydrogen) atoms. The van der Waals surface area contributed by atoms with E-state index in [-0.39, 0.29) is 0 Å². The van der Waals surface area contributed by atoms with Gasteiger partial charge in [-0.3, -0.25) is 0 Å². The van der Waals surface area contributed by atoms with E-state index in [2.05, 4.69) is 27.2 Å². The lowest BCUT2D eigenvalue weighted by Crippen LogP contribution is -1.99. The summed E-state index contributed by atoms with van der Waals surface area (Å²) in [6.07, 6.45) is 0. The summed E-state index contributed by atoms with van der Waals surface area (Å²) in [5.41, 5.74) is 1.22. The highest BCUT2D eigenvalue weighted by atomic mass is 32.2. The van der Waals surface area contributed by atoms with Crippen LogP contribution < -0.4 is 9.47 Å². The van der Waals surface area contributed by atoms with Crippen LogP contribution in [0.15, 0.2) is 41.6 Å².